The van der Waals surface area contributed by atoms with Gasteiger partial charge in [-0.05, 0) is 23.6 Å². The van der Waals surface area contributed by atoms with Crippen molar-refractivity contribution in [3.63, 3.8) is 0 Å². The van der Waals surface area contributed by atoms with Gasteiger partial charge in [0.1, 0.15) is 23.1 Å². The van der Waals surface area contributed by atoms with Crippen LogP contribution in [0.1, 0.15) is 36.6 Å². The number of anilines is 2. The molecule has 8 nitrogen and oxygen atoms in total. The van der Waals surface area contributed by atoms with Gasteiger partial charge in [0.25, 0.3) is 0 Å². The fraction of sp³-hybridized carbons (Fsp3) is 0.381. The van der Waals surface area contributed by atoms with Gasteiger partial charge in [0, 0.05) is 44.6 Å². The van der Waals surface area contributed by atoms with Gasteiger partial charge in [-0.1, -0.05) is 6.92 Å². The van der Waals surface area contributed by atoms with Crippen LogP contribution in [-0.4, -0.2) is 31.3 Å². The van der Waals surface area contributed by atoms with E-state index in [4.69, 9.17) is 5.26 Å². The zero-order chi connectivity index (χ0) is 22.2. The summed E-state index contributed by atoms with van der Waals surface area (Å²) in [5.74, 6) is -3.26. The number of amides is 1. The number of carbonyl (C=O) groups is 1. The van der Waals surface area contributed by atoms with Crippen LogP contribution in [0.2, 0.25) is 0 Å². The third kappa shape index (κ3) is 4.17. The molecule has 1 aliphatic carbocycles. The summed E-state index contributed by atoms with van der Waals surface area (Å²) < 4.78 is 28.1. The van der Waals surface area contributed by atoms with E-state index in [1.165, 1.54) is 0 Å². The average molecular weight is 425 g/mol. The van der Waals surface area contributed by atoms with Crippen LogP contribution in [-0.2, 0) is 24.8 Å². The minimum absolute atomic E-state index is 0.231. The number of alkyl halides is 2. The average Bonchev–Trinajstić information content (AvgIpc) is 3.11. The monoisotopic (exact) mass is 425 g/mol. The maximum atomic E-state index is 13.1. The topological polar surface area (TPSA) is 109 Å². The number of nitrogens with one attached hydrogen (secondary N) is 2. The molecular weight excluding hydrogens is 404 g/mol. The number of aryl methyl sites for hydroxylation is 2. The number of fused-ring (bicyclic) bond motifs is 1. The van der Waals surface area contributed by atoms with Crippen LogP contribution in [0.5, 0.6) is 0 Å². The number of hydrogen-bond donors (Lipinski definition) is 2. The number of carbonyl (C=O) groups excluding carboxylic acids is 1. The van der Waals surface area contributed by atoms with Crippen LogP contribution in [0.3, 0.4) is 0 Å². The molecule has 1 aliphatic rings. The quantitative estimate of drug-likeness (QED) is 0.627. The van der Waals surface area contributed by atoms with E-state index in [1.54, 1.807) is 29.2 Å². The van der Waals surface area contributed by atoms with Crippen molar-refractivity contribution in [3.8, 4) is 6.07 Å². The Morgan fingerprint density at radius 2 is 2.10 bits per heavy atom. The fourth-order valence-corrected chi connectivity index (χ4v) is 3.63. The number of imidazole rings is 1. The van der Waals surface area contributed by atoms with Crippen molar-refractivity contribution >= 4 is 28.6 Å². The highest BCUT2D eigenvalue weighted by Gasteiger charge is 2.48. The Bertz CT molecular complexity index is 1190. The molecule has 0 saturated heterocycles. The lowest BCUT2D eigenvalue weighted by atomic mass is 9.81. The molecule has 0 aliphatic heterocycles. The molecule has 1 amide bonds. The summed E-state index contributed by atoms with van der Waals surface area (Å²) in [7, 11) is 1.82. The standard InChI is InChI=1S/C21H21F2N7O/c1-3-12-4-15(8-24)25-9-14(12)10-26-17-5-16-18(27-11-30(16)2)19(28-17)29-20(31)13-6-21(22,23)7-13/h4-5,9,11,13H,3,6-7,10H2,1-2H3,(H2,26,28,29,31). The summed E-state index contributed by atoms with van der Waals surface area (Å²) in [4.78, 5) is 25.3. The molecule has 3 aromatic rings. The highest BCUT2D eigenvalue weighted by molar-refractivity contribution is 6.00. The molecule has 1 fully saturated rings. The zero-order valence-electron chi connectivity index (χ0n) is 17.1. The summed E-state index contributed by atoms with van der Waals surface area (Å²) in [6, 6.07) is 5.60. The molecule has 0 unspecified atom stereocenters. The Morgan fingerprint density at radius 1 is 1.32 bits per heavy atom. The van der Waals surface area contributed by atoms with Crippen molar-refractivity contribution in [2.45, 2.75) is 38.7 Å². The number of rotatable bonds is 6. The van der Waals surface area contributed by atoms with E-state index in [2.05, 4.69) is 25.6 Å². The normalized spacial score (nSPS) is 15.3. The first-order chi connectivity index (χ1) is 14.8. The van der Waals surface area contributed by atoms with Crippen LogP contribution in [0.4, 0.5) is 20.4 Å². The fourth-order valence-electron chi connectivity index (χ4n) is 3.63. The Labute approximate surface area is 177 Å². The van der Waals surface area contributed by atoms with Gasteiger partial charge in [-0.2, -0.15) is 5.26 Å². The summed E-state index contributed by atoms with van der Waals surface area (Å²) in [6.45, 7) is 2.41. The van der Waals surface area contributed by atoms with Gasteiger partial charge in [-0.15, -0.1) is 0 Å². The van der Waals surface area contributed by atoms with E-state index in [-0.39, 0.29) is 5.82 Å². The van der Waals surface area contributed by atoms with Gasteiger partial charge in [-0.3, -0.25) is 4.79 Å². The minimum atomic E-state index is -2.77. The summed E-state index contributed by atoms with van der Waals surface area (Å²) >= 11 is 0. The third-order valence-electron chi connectivity index (χ3n) is 5.45. The number of halogens is 2. The first-order valence-corrected chi connectivity index (χ1v) is 9.92. The molecule has 0 aromatic carbocycles. The largest absolute Gasteiger partial charge is 0.366 e. The molecule has 0 atom stereocenters. The number of nitriles is 1. The van der Waals surface area contributed by atoms with Gasteiger partial charge in [0.2, 0.25) is 11.8 Å². The zero-order valence-corrected chi connectivity index (χ0v) is 17.1. The Hall–Kier alpha value is -3.61. The molecule has 1 saturated carbocycles. The molecule has 10 heteroatoms. The smallest absolute Gasteiger partial charge is 0.249 e. The van der Waals surface area contributed by atoms with Crippen LogP contribution >= 0.6 is 0 Å². The van der Waals surface area contributed by atoms with Gasteiger partial charge >= 0.3 is 0 Å². The van der Waals surface area contributed by atoms with Gasteiger partial charge in [-0.25, -0.2) is 23.7 Å². The number of aromatic nitrogens is 4. The van der Waals surface area contributed by atoms with Gasteiger partial charge in [0.15, 0.2) is 5.82 Å². The number of nitrogens with zero attached hydrogens (tertiary/aromatic N) is 5. The Morgan fingerprint density at radius 3 is 2.77 bits per heavy atom. The maximum Gasteiger partial charge on any atom is 0.249 e. The lowest BCUT2D eigenvalue weighted by molar-refractivity contribution is -0.145. The molecule has 31 heavy (non-hydrogen) atoms. The SMILES string of the molecule is CCc1cc(C#N)ncc1CNc1cc2c(ncn2C)c(NC(=O)C2CC(F)(F)C2)n1. The number of hydrogen-bond acceptors (Lipinski definition) is 6. The van der Waals surface area contributed by atoms with E-state index < -0.39 is 30.6 Å². The van der Waals surface area contributed by atoms with Crippen LogP contribution in [0.15, 0.2) is 24.7 Å². The van der Waals surface area contributed by atoms with Crippen LogP contribution < -0.4 is 10.6 Å². The molecule has 3 heterocycles. The molecule has 0 bridgehead atoms. The van der Waals surface area contributed by atoms with Crippen molar-refractivity contribution in [2.24, 2.45) is 13.0 Å². The highest BCUT2D eigenvalue weighted by atomic mass is 19.3. The van der Waals surface area contributed by atoms with E-state index in [1.807, 2.05) is 20.0 Å². The van der Waals surface area contributed by atoms with Crippen molar-refractivity contribution in [1.29, 1.82) is 5.26 Å². The van der Waals surface area contributed by atoms with E-state index in [9.17, 15) is 13.6 Å². The molecule has 0 spiro atoms. The van der Waals surface area contributed by atoms with E-state index in [0.717, 1.165) is 23.1 Å². The second-order valence-electron chi connectivity index (χ2n) is 7.69. The van der Waals surface area contributed by atoms with Crippen LogP contribution in [0.25, 0.3) is 11.0 Å². The van der Waals surface area contributed by atoms with Crippen molar-refractivity contribution in [1.82, 2.24) is 19.5 Å². The Balaban J connectivity index is 1.57. The first kappa shape index (κ1) is 20.7. The predicted molar refractivity (Wildman–Crippen MR) is 110 cm³/mol. The van der Waals surface area contributed by atoms with E-state index in [0.29, 0.717) is 23.6 Å². The second-order valence-corrected chi connectivity index (χ2v) is 7.69. The lowest BCUT2D eigenvalue weighted by Crippen LogP contribution is -2.42. The first-order valence-electron chi connectivity index (χ1n) is 9.92. The second kappa shape index (κ2) is 7.91. The molecule has 160 valence electrons. The van der Waals surface area contributed by atoms with Gasteiger partial charge < -0.3 is 15.2 Å². The molecule has 4 rings (SSSR count). The van der Waals surface area contributed by atoms with E-state index >= 15 is 0 Å². The molecular formula is C21H21F2N7O. The summed E-state index contributed by atoms with van der Waals surface area (Å²) in [5, 5.41) is 14.9. The third-order valence-corrected chi connectivity index (χ3v) is 5.45. The molecule has 3 aromatic heterocycles. The summed E-state index contributed by atoms with van der Waals surface area (Å²) in [6.07, 6.45) is 3.10. The molecule has 2 N–H and O–H groups in total. The highest BCUT2D eigenvalue weighted by Crippen LogP contribution is 2.43. The predicted octanol–water partition coefficient (Wildman–Crippen LogP) is 3.39. The molecule has 0 radical (unpaired) electrons. The van der Waals surface area contributed by atoms with Crippen molar-refractivity contribution in [2.75, 3.05) is 10.6 Å². The van der Waals surface area contributed by atoms with Gasteiger partial charge in [0.05, 0.1) is 11.8 Å². The summed E-state index contributed by atoms with van der Waals surface area (Å²) in [5.41, 5.74) is 3.51. The Kier molecular flexibility index (Phi) is 5.27. The minimum Gasteiger partial charge on any atom is -0.366 e. The number of pyridine rings is 2. The van der Waals surface area contributed by atoms with Crippen molar-refractivity contribution in [3.05, 3.63) is 41.5 Å². The lowest BCUT2D eigenvalue weighted by Gasteiger charge is -2.33. The van der Waals surface area contributed by atoms with Crippen molar-refractivity contribution < 1.29 is 13.6 Å². The van der Waals surface area contributed by atoms with Crippen LogP contribution in [0, 0.1) is 17.2 Å². The maximum absolute atomic E-state index is 13.1.